The summed E-state index contributed by atoms with van der Waals surface area (Å²) in [5.41, 5.74) is 0.724. The Hall–Kier alpha value is -1.98. The quantitative estimate of drug-likeness (QED) is 0.774. The van der Waals surface area contributed by atoms with Crippen LogP contribution in [0.1, 0.15) is 35.6 Å². The Balaban J connectivity index is 3.00. The minimum Gasteiger partial charge on any atom is -0.505 e. The number of aromatic amines is 1. The third-order valence-electron chi connectivity index (χ3n) is 2.34. The smallest absolute Gasteiger partial charge is 0.343 e. The zero-order valence-corrected chi connectivity index (χ0v) is 10.7. The fraction of sp³-hybridized carbons (Fsp3) is 0.500. The Labute approximate surface area is 105 Å². The minimum atomic E-state index is -0.654. The topological polar surface area (TPSA) is 88.6 Å². The van der Waals surface area contributed by atoms with E-state index in [0.29, 0.717) is 11.4 Å². The van der Waals surface area contributed by atoms with Gasteiger partial charge < -0.3 is 19.6 Å². The monoisotopic (exact) mass is 255 g/mol. The lowest BCUT2D eigenvalue weighted by molar-refractivity contribution is -0.142. The molecule has 1 heterocycles. The Morgan fingerprint density at radius 3 is 2.39 bits per heavy atom. The standard InChI is InChI=1S/C12H17NO5/c1-4-17-9(14)6-8-10(12(16)18-5-2)11(15)7(3)13-8/h13,15H,4-6H2,1-3H3. The lowest BCUT2D eigenvalue weighted by atomic mass is 10.1. The maximum absolute atomic E-state index is 11.7. The highest BCUT2D eigenvalue weighted by Gasteiger charge is 2.24. The molecule has 0 aliphatic heterocycles. The summed E-state index contributed by atoms with van der Waals surface area (Å²) in [4.78, 5) is 25.9. The van der Waals surface area contributed by atoms with Crippen molar-refractivity contribution in [3.63, 3.8) is 0 Å². The second-order valence-electron chi connectivity index (χ2n) is 3.65. The number of H-pyrrole nitrogens is 1. The first-order valence-electron chi connectivity index (χ1n) is 5.74. The molecule has 0 aliphatic carbocycles. The van der Waals surface area contributed by atoms with Gasteiger partial charge >= 0.3 is 11.9 Å². The molecule has 2 N–H and O–H groups in total. The molecule has 6 heteroatoms. The molecule has 0 aliphatic rings. The van der Waals surface area contributed by atoms with E-state index in [4.69, 9.17) is 9.47 Å². The second kappa shape index (κ2) is 6.09. The van der Waals surface area contributed by atoms with Crippen LogP contribution in [0.3, 0.4) is 0 Å². The number of nitrogens with one attached hydrogen (secondary N) is 1. The van der Waals surface area contributed by atoms with Crippen LogP contribution >= 0.6 is 0 Å². The van der Waals surface area contributed by atoms with Crippen LogP contribution in [-0.2, 0) is 20.7 Å². The summed E-state index contributed by atoms with van der Waals surface area (Å²) in [6.07, 6.45) is -0.108. The van der Waals surface area contributed by atoms with Crippen LogP contribution in [0.4, 0.5) is 0 Å². The average Bonchev–Trinajstić information content (AvgIpc) is 2.55. The molecular weight excluding hydrogens is 238 g/mol. The van der Waals surface area contributed by atoms with Crippen molar-refractivity contribution in [1.82, 2.24) is 4.98 Å². The van der Waals surface area contributed by atoms with Gasteiger partial charge in [-0.3, -0.25) is 4.79 Å². The van der Waals surface area contributed by atoms with Crippen LogP contribution in [0.5, 0.6) is 5.75 Å². The summed E-state index contributed by atoms with van der Waals surface area (Å²) < 4.78 is 9.63. The summed E-state index contributed by atoms with van der Waals surface area (Å²) in [6.45, 7) is 5.42. The van der Waals surface area contributed by atoms with E-state index in [-0.39, 0.29) is 30.9 Å². The lowest BCUT2D eigenvalue weighted by Crippen LogP contribution is -2.12. The van der Waals surface area contributed by atoms with Gasteiger partial charge in [-0.25, -0.2) is 4.79 Å². The number of carbonyl (C=O) groups excluding carboxylic acids is 2. The van der Waals surface area contributed by atoms with Gasteiger partial charge in [-0.15, -0.1) is 0 Å². The summed E-state index contributed by atoms with van der Waals surface area (Å²) in [5, 5.41) is 9.77. The van der Waals surface area contributed by atoms with Crippen molar-refractivity contribution in [2.75, 3.05) is 13.2 Å². The third kappa shape index (κ3) is 3.03. The molecule has 18 heavy (non-hydrogen) atoms. The van der Waals surface area contributed by atoms with E-state index in [2.05, 4.69) is 4.98 Å². The summed E-state index contributed by atoms with van der Waals surface area (Å²) in [6, 6.07) is 0. The first kappa shape index (κ1) is 14.1. The number of aromatic hydroxyl groups is 1. The van der Waals surface area contributed by atoms with Gasteiger partial charge in [-0.1, -0.05) is 0 Å². The molecule has 0 amide bonds. The van der Waals surface area contributed by atoms with Gasteiger partial charge in [-0.2, -0.15) is 0 Å². The number of rotatable bonds is 5. The largest absolute Gasteiger partial charge is 0.505 e. The molecule has 0 fully saturated rings. The molecule has 1 aromatic rings. The van der Waals surface area contributed by atoms with E-state index in [1.165, 1.54) is 0 Å². The molecule has 6 nitrogen and oxygen atoms in total. The lowest BCUT2D eigenvalue weighted by Gasteiger charge is -2.04. The average molecular weight is 255 g/mol. The predicted octanol–water partition coefficient (Wildman–Crippen LogP) is 1.31. The molecule has 1 aromatic heterocycles. The van der Waals surface area contributed by atoms with Crippen molar-refractivity contribution in [2.24, 2.45) is 0 Å². The Morgan fingerprint density at radius 2 is 1.83 bits per heavy atom. The molecule has 0 spiro atoms. The van der Waals surface area contributed by atoms with E-state index in [0.717, 1.165) is 0 Å². The van der Waals surface area contributed by atoms with E-state index in [9.17, 15) is 14.7 Å². The van der Waals surface area contributed by atoms with Crippen molar-refractivity contribution < 1.29 is 24.2 Å². The summed E-state index contributed by atoms with van der Waals surface area (Å²) in [5.74, 6) is -1.31. The van der Waals surface area contributed by atoms with Crippen LogP contribution in [-0.4, -0.2) is 35.2 Å². The number of hydrogen-bond acceptors (Lipinski definition) is 5. The zero-order valence-electron chi connectivity index (χ0n) is 10.7. The number of carbonyl (C=O) groups is 2. The predicted molar refractivity (Wildman–Crippen MR) is 63.5 cm³/mol. The molecule has 1 rings (SSSR count). The Kier molecular flexibility index (Phi) is 4.76. The van der Waals surface area contributed by atoms with Gasteiger partial charge in [-0.05, 0) is 20.8 Å². The molecule has 0 bridgehead atoms. The molecule has 0 unspecified atom stereocenters. The summed E-state index contributed by atoms with van der Waals surface area (Å²) >= 11 is 0. The van der Waals surface area contributed by atoms with E-state index >= 15 is 0 Å². The first-order chi connectivity index (χ1) is 8.51. The van der Waals surface area contributed by atoms with Crippen molar-refractivity contribution >= 4 is 11.9 Å². The van der Waals surface area contributed by atoms with Crippen LogP contribution < -0.4 is 0 Å². The van der Waals surface area contributed by atoms with Crippen molar-refractivity contribution in [1.29, 1.82) is 0 Å². The molecule has 0 atom stereocenters. The number of ether oxygens (including phenoxy) is 2. The van der Waals surface area contributed by atoms with Gasteiger partial charge in [0, 0.05) is 5.69 Å². The summed E-state index contributed by atoms with van der Waals surface area (Å²) in [7, 11) is 0. The normalized spacial score (nSPS) is 10.2. The fourth-order valence-corrected chi connectivity index (χ4v) is 1.59. The van der Waals surface area contributed by atoms with Crippen molar-refractivity contribution in [3.8, 4) is 5.75 Å². The highest BCUT2D eigenvalue weighted by atomic mass is 16.5. The molecule has 0 saturated carbocycles. The Bertz CT molecular complexity index is 450. The van der Waals surface area contributed by atoms with Gasteiger partial charge in [0.25, 0.3) is 0 Å². The molecule has 0 radical (unpaired) electrons. The van der Waals surface area contributed by atoms with Crippen LogP contribution in [0.25, 0.3) is 0 Å². The second-order valence-corrected chi connectivity index (χ2v) is 3.65. The third-order valence-corrected chi connectivity index (χ3v) is 2.34. The van der Waals surface area contributed by atoms with Crippen LogP contribution in [0.2, 0.25) is 0 Å². The van der Waals surface area contributed by atoms with Gasteiger partial charge in [0.1, 0.15) is 5.56 Å². The highest BCUT2D eigenvalue weighted by Crippen LogP contribution is 2.26. The van der Waals surface area contributed by atoms with Crippen molar-refractivity contribution in [2.45, 2.75) is 27.2 Å². The molecular formula is C12H17NO5. The van der Waals surface area contributed by atoms with Gasteiger partial charge in [0.15, 0.2) is 5.75 Å². The fourth-order valence-electron chi connectivity index (χ4n) is 1.59. The van der Waals surface area contributed by atoms with Crippen LogP contribution in [0.15, 0.2) is 0 Å². The zero-order chi connectivity index (χ0) is 13.7. The van der Waals surface area contributed by atoms with Gasteiger partial charge in [0.05, 0.1) is 25.3 Å². The number of aryl methyl sites for hydroxylation is 1. The maximum Gasteiger partial charge on any atom is 0.343 e. The maximum atomic E-state index is 11.7. The van der Waals surface area contributed by atoms with E-state index in [1.54, 1.807) is 20.8 Å². The number of aromatic nitrogens is 1. The van der Waals surface area contributed by atoms with Gasteiger partial charge in [0.2, 0.25) is 0 Å². The van der Waals surface area contributed by atoms with Crippen LogP contribution in [0, 0.1) is 6.92 Å². The number of esters is 2. The van der Waals surface area contributed by atoms with Crippen molar-refractivity contribution in [3.05, 3.63) is 17.0 Å². The minimum absolute atomic E-state index is 0.00223. The molecule has 100 valence electrons. The number of hydrogen-bond donors (Lipinski definition) is 2. The molecule has 0 aromatic carbocycles. The Morgan fingerprint density at radius 1 is 1.22 bits per heavy atom. The van der Waals surface area contributed by atoms with E-state index < -0.39 is 11.9 Å². The SMILES string of the molecule is CCOC(=O)Cc1[nH]c(C)c(O)c1C(=O)OCC. The van der Waals surface area contributed by atoms with E-state index in [1.807, 2.05) is 0 Å². The first-order valence-corrected chi connectivity index (χ1v) is 5.74. The highest BCUT2D eigenvalue weighted by molar-refractivity contribution is 5.95. The molecule has 0 saturated heterocycles.